The van der Waals surface area contributed by atoms with Crippen LogP contribution in [0.5, 0.6) is 0 Å². The normalized spacial score (nSPS) is 17.8. The molecule has 0 aliphatic carbocycles. The van der Waals surface area contributed by atoms with Crippen LogP contribution >= 0.6 is 0 Å². The molecule has 0 spiro atoms. The van der Waals surface area contributed by atoms with Crippen LogP contribution in [0.25, 0.3) is 0 Å². The molecule has 2 aliphatic rings. The molecule has 1 unspecified atom stereocenters. The van der Waals surface area contributed by atoms with Crippen LogP contribution in [-0.2, 0) is 26.2 Å². The molecule has 2 aromatic carbocycles. The maximum absolute atomic E-state index is 13.5. The number of piperidine rings is 1. The maximum atomic E-state index is 13.5. The number of hydrogen-bond acceptors (Lipinski definition) is 5. The van der Waals surface area contributed by atoms with Gasteiger partial charge < -0.3 is 10.2 Å². The summed E-state index contributed by atoms with van der Waals surface area (Å²) in [6.07, 6.45) is 2.64. The number of benzene rings is 2. The number of rotatable bonds is 8. The Morgan fingerprint density at radius 1 is 1.09 bits per heavy atom. The number of nitrogens with zero attached hydrogens (tertiary/aromatic N) is 3. The SMILES string of the molecule is CCN(CC)S(=O)(=O)c1ccc2c(c1)N(CC(=O)NCc1cccc(C)c1)C(=O)C1CCCCN21. The summed E-state index contributed by atoms with van der Waals surface area (Å²) in [5, 5.41) is 2.91. The minimum absolute atomic E-state index is 0.133. The van der Waals surface area contributed by atoms with Crippen LogP contribution in [0.3, 0.4) is 0 Å². The highest BCUT2D eigenvalue weighted by Gasteiger charge is 2.40. The fraction of sp³-hybridized carbons (Fsp3) is 0.462. The van der Waals surface area contributed by atoms with E-state index in [0.717, 1.165) is 42.6 Å². The summed E-state index contributed by atoms with van der Waals surface area (Å²) in [5.41, 5.74) is 3.37. The van der Waals surface area contributed by atoms with Crippen molar-refractivity contribution in [3.8, 4) is 0 Å². The molecule has 9 heteroatoms. The molecule has 1 N–H and O–H groups in total. The van der Waals surface area contributed by atoms with Gasteiger partial charge in [0.05, 0.1) is 16.3 Å². The lowest BCUT2D eigenvalue weighted by Crippen LogP contribution is -2.57. The van der Waals surface area contributed by atoms with Gasteiger partial charge in [0.1, 0.15) is 12.6 Å². The number of aryl methyl sites for hydroxylation is 1. The van der Waals surface area contributed by atoms with Crippen molar-refractivity contribution in [1.82, 2.24) is 9.62 Å². The second kappa shape index (κ2) is 10.4. The summed E-state index contributed by atoms with van der Waals surface area (Å²) in [7, 11) is -3.71. The molecule has 2 aromatic rings. The molecule has 0 radical (unpaired) electrons. The van der Waals surface area contributed by atoms with Gasteiger partial charge in [-0.2, -0.15) is 4.31 Å². The third-order valence-electron chi connectivity index (χ3n) is 6.82. The molecule has 4 rings (SSSR count). The van der Waals surface area contributed by atoms with Gasteiger partial charge in [0.25, 0.3) is 0 Å². The van der Waals surface area contributed by atoms with Crippen LogP contribution in [0.15, 0.2) is 47.4 Å². The zero-order valence-electron chi connectivity index (χ0n) is 20.7. The van der Waals surface area contributed by atoms with Gasteiger partial charge in [-0.1, -0.05) is 43.7 Å². The minimum Gasteiger partial charge on any atom is -0.358 e. The lowest BCUT2D eigenvalue weighted by Gasteiger charge is -2.45. The van der Waals surface area contributed by atoms with E-state index in [1.54, 1.807) is 32.0 Å². The van der Waals surface area contributed by atoms with E-state index in [1.165, 1.54) is 9.21 Å². The van der Waals surface area contributed by atoms with E-state index < -0.39 is 10.0 Å². The first-order valence-corrected chi connectivity index (χ1v) is 13.7. The lowest BCUT2D eigenvalue weighted by atomic mass is 9.96. The standard InChI is InChI=1S/C26H34N4O4S/c1-4-28(5-2)35(33,34)21-12-13-22-24(16-21)30(26(32)23-11-6-7-14-29(22)23)18-25(31)27-17-20-10-8-9-19(3)15-20/h8-10,12-13,15-16,23H,4-7,11,14,17-18H2,1-3H3,(H,27,31). The first-order chi connectivity index (χ1) is 16.8. The number of carbonyl (C=O) groups is 2. The molecule has 2 aliphatic heterocycles. The van der Waals surface area contributed by atoms with Crippen molar-refractivity contribution < 1.29 is 18.0 Å². The highest BCUT2D eigenvalue weighted by Crippen LogP contribution is 2.41. The van der Waals surface area contributed by atoms with Gasteiger partial charge in [0, 0.05) is 26.2 Å². The molecular formula is C26H34N4O4S. The van der Waals surface area contributed by atoms with Crippen LogP contribution in [0.4, 0.5) is 11.4 Å². The first-order valence-electron chi connectivity index (χ1n) is 12.3. The molecule has 2 amide bonds. The number of nitrogens with one attached hydrogen (secondary N) is 1. The molecule has 0 bridgehead atoms. The summed E-state index contributed by atoms with van der Waals surface area (Å²) in [6, 6.07) is 12.5. The molecule has 188 valence electrons. The fourth-order valence-electron chi connectivity index (χ4n) is 5.00. The van der Waals surface area contributed by atoms with E-state index in [0.29, 0.717) is 25.3 Å². The summed E-state index contributed by atoms with van der Waals surface area (Å²) >= 11 is 0. The molecule has 8 nitrogen and oxygen atoms in total. The second-order valence-electron chi connectivity index (χ2n) is 9.13. The van der Waals surface area contributed by atoms with Crippen molar-refractivity contribution >= 4 is 33.2 Å². The predicted octanol–water partition coefficient (Wildman–Crippen LogP) is 3.05. The van der Waals surface area contributed by atoms with Crippen LogP contribution in [0.2, 0.25) is 0 Å². The minimum atomic E-state index is -3.71. The fourth-order valence-corrected chi connectivity index (χ4v) is 6.47. The molecule has 1 fully saturated rings. The highest BCUT2D eigenvalue weighted by molar-refractivity contribution is 7.89. The van der Waals surface area contributed by atoms with Crippen LogP contribution in [-0.4, -0.2) is 56.8 Å². The van der Waals surface area contributed by atoms with E-state index >= 15 is 0 Å². The van der Waals surface area contributed by atoms with Crippen LogP contribution in [0, 0.1) is 6.92 Å². The number of anilines is 2. The van der Waals surface area contributed by atoms with Gasteiger partial charge in [-0.15, -0.1) is 0 Å². The highest BCUT2D eigenvalue weighted by atomic mass is 32.2. The van der Waals surface area contributed by atoms with E-state index in [-0.39, 0.29) is 29.3 Å². The van der Waals surface area contributed by atoms with Crippen LogP contribution in [0.1, 0.15) is 44.2 Å². The van der Waals surface area contributed by atoms with Crippen molar-refractivity contribution in [2.45, 2.75) is 57.5 Å². The quantitative estimate of drug-likeness (QED) is 0.604. The number of fused-ring (bicyclic) bond motifs is 3. The van der Waals surface area contributed by atoms with E-state index in [9.17, 15) is 18.0 Å². The maximum Gasteiger partial charge on any atom is 0.250 e. The Hall–Kier alpha value is -2.91. The molecule has 35 heavy (non-hydrogen) atoms. The van der Waals surface area contributed by atoms with Crippen molar-refractivity contribution in [2.24, 2.45) is 0 Å². The molecule has 1 atom stereocenters. The van der Waals surface area contributed by atoms with Gasteiger partial charge >= 0.3 is 0 Å². The van der Waals surface area contributed by atoms with Gasteiger partial charge in [0.2, 0.25) is 21.8 Å². The molecule has 0 saturated carbocycles. The number of sulfonamides is 1. The average molecular weight is 499 g/mol. The van der Waals surface area contributed by atoms with E-state index in [2.05, 4.69) is 10.2 Å². The zero-order chi connectivity index (χ0) is 25.2. The number of hydrogen-bond donors (Lipinski definition) is 1. The summed E-state index contributed by atoms with van der Waals surface area (Å²) in [4.78, 5) is 30.1. The Balaban J connectivity index is 1.65. The second-order valence-corrected chi connectivity index (χ2v) is 11.1. The zero-order valence-corrected chi connectivity index (χ0v) is 21.5. The van der Waals surface area contributed by atoms with Gasteiger partial charge in [0.15, 0.2) is 0 Å². The Kier molecular flexibility index (Phi) is 7.47. The predicted molar refractivity (Wildman–Crippen MR) is 137 cm³/mol. The van der Waals surface area contributed by atoms with Gasteiger partial charge in [-0.05, 0) is 49.9 Å². The number of carbonyl (C=O) groups excluding carboxylic acids is 2. The largest absolute Gasteiger partial charge is 0.358 e. The molecule has 2 heterocycles. The Morgan fingerprint density at radius 2 is 1.86 bits per heavy atom. The Labute approximate surface area is 207 Å². The smallest absolute Gasteiger partial charge is 0.250 e. The Morgan fingerprint density at radius 3 is 2.57 bits per heavy atom. The van der Waals surface area contributed by atoms with E-state index in [1.807, 2.05) is 31.2 Å². The molecule has 0 aromatic heterocycles. The summed E-state index contributed by atoms with van der Waals surface area (Å²) in [5.74, 6) is -0.438. The van der Waals surface area contributed by atoms with E-state index in [4.69, 9.17) is 0 Å². The topological polar surface area (TPSA) is 90.0 Å². The molecule has 1 saturated heterocycles. The third-order valence-corrected chi connectivity index (χ3v) is 8.86. The van der Waals surface area contributed by atoms with Crippen molar-refractivity contribution in [1.29, 1.82) is 0 Å². The first kappa shape index (κ1) is 25.2. The number of amides is 2. The Bertz CT molecular complexity index is 1210. The summed E-state index contributed by atoms with van der Waals surface area (Å²) < 4.78 is 27.8. The summed E-state index contributed by atoms with van der Waals surface area (Å²) in [6.45, 7) is 7.24. The molecular weight excluding hydrogens is 464 g/mol. The van der Waals surface area contributed by atoms with Crippen molar-refractivity contribution in [2.75, 3.05) is 36.0 Å². The van der Waals surface area contributed by atoms with Crippen molar-refractivity contribution in [3.63, 3.8) is 0 Å². The average Bonchev–Trinajstić information content (AvgIpc) is 2.85. The van der Waals surface area contributed by atoms with Gasteiger partial charge in [-0.25, -0.2) is 8.42 Å². The lowest BCUT2D eigenvalue weighted by molar-refractivity contribution is -0.125. The van der Waals surface area contributed by atoms with Crippen molar-refractivity contribution in [3.05, 3.63) is 53.6 Å². The monoisotopic (exact) mass is 498 g/mol. The van der Waals surface area contributed by atoms with Gasteiger partial charge in [-0.3, -0.25) is 14.5 Å². The van der Waals surface area contributed by atoms with Crippen LogP contribution < -0.4 is 15.1 Å². The third kappa shape index (κ3) is 5.06.